The summed E-state index contributed by atoms with van der Waals surface area (Å²) in [5.74, 6) is -1.31. The molecule has 0 bridgehead atoms. The molecule has 6 heteroatoms. The number of hydrogen-bond donors (Lipinski definition) is 2. The summed E-state index contributed by atoms with van der Waals surface area (Å²) in [5, 5.41) is 5.27. The maximum atomic E-state index is 13.4. The Morgan fingerprint density at radius 3 is 2.59 bits per heavy atom. The molecule has 0 heterocycles. The fourth-order valence-electron chi connectivity index (χ4n) is 1.78. The van der Waals surface area contributed by atoms with Gasteiger partial charge in [-0.25, -0.2) is 4.39 Å². The molecule has 0 aliphatic carbocycles. The van der Waals surface area contributed by atoms with Gasteiger partial charge in [0.25, 0.3) is 5.91 Å². The first kappa shape index (κ1) is 16.0. The van der Waals surface area contributed by atoms with Crippen LogP contribution in [0, 0.1) is 12.7 Å². The summed E-state index contributed by atoms with van der Waals surface area (Å²) in [4.78, 5) is 23.6. The summed E-state index contributed by atoms with van der Waals surface area (Å²) in [6.45, 7) is 1.39. The summed E-state index contributed by atoms with van der Waals surface area (Å²) in [6.07, 6.45) is 0. The van der Waals surface area contributed by atoms with Gasteiger partial charge in [-0.3, -0.25) is 9.59 Å². The largest absolute Gasteiger partial charge is 0.343 e. The number of carbonyl (C=O) groups excluding carboxylic acids is 2. The molecule has 0 saturated heterocycles. The topological polar surface area (TPSA) is 58.2 Å². The van der Waals surface area contributed by atoms with Crippen molar-refractivity contribution in [1.82, 2.24) is 5.32 Å². The van der Waals surface area contributed by atoms with Crippen molar-refractivity contribution in [3.63, 3.8) is 0 Å². The normalized spacial score (nSPS) is 10.1. The quantitative estimate of drug-likeness (QED) is 0.909. The minimum atomic E-state index is -0.455. The first-order chi connectivity index (χ1) is 10.5. The van der Waals surface area contributed by atoms with Crippen LogP contribution in [-0.2, 0) is 4.79 Å². The van der Waals surface area contributed by atoms with Gasteiger partial charge in [0.15, 0.2) is 0 Å². The van der Waals surface area contributed by atoms with Gasteiger partial charge >= 0.3 is 0 Å². The van der Waals surface area contributed by atoms with Crippen LogP contribution in [0.15, 0.2) is 42.5 Å². The molecular formula is C16H14ClFN2O2. The molecule has 0 unspecified atom stereocenters. The van der Waals surface area contributed by atoms with Crippen LogP contribution < -0.4 is 10.6 Å². The number of amides is 2. The SMILES string of the molecule is Cc1ccc(NC(=O)CNC(=O)c2ccccc2Cl)cc1F. The number of aryl methyl sites for hydroxylation is 1. The molecule has 2 aromatic carbocycles. The van der Waals surface area contributed by atoms with Gasteiger partial charge in [-0.2, -0.15) is 0 Å². The highest BCUT2D eigenvalue weighted by atomic mass is 35.5. The first-order valence-corrected chi connectivity index (χ1v) is 6.94. The van der Waals surface area contributed by atoms with Crippen molar-refractivity contribution in [3.8, 4) is 0 Å². The number of anilines is 1. The van der Waals surface area contributed by atoms with Crippen molar-refractivity contribution in [2.24, 2.45) is 0 Å². The Morgan fingerprint density at radius 2 is 1.91 bits per heavy atom. The maximum Gasteiger partial charge on any atom is 0.253 e. The van der Waals surface area contributed by atoms with Gasteiger partial charge in [0.2, 0.25) is 5.91 Å². The number of nitrogens with one attached hydrogen (secondary N) is 2. The summed E-state index contributed by atoms with van der Waals surface area (Å²) in [6, 6.07) is 10.9. The molecule has 0 aliphatic rings. The Morgan fingerprint density at radius 1 is 1.18 bits per heavy atom. The summed E-state index contributed by atoms with van der Waals surface area (Å²) >= 11 is 5.89. The van der Waals surface area contributed by atoms with Crippen LogP contribution in [-0.4, -0.2) is 18.4 Å². The molecule has 0 saturated carbocycles. The van der Waals surface area contributed by atoms with Crippen LogP contribution in [0.25, 0.3) is 0 Å². The second-order valence-electron chi connectivity index (χ2n) is 4.67. The predicted molar refractivity (Wildman–Crippen MR) is 83.6 cm³/mol. The number of hydrogen-bond acceptors (Lipinski definition) is 2. The van der Waals surface area contributed by atoms with Gasteiger partial charge in [0.05, 0.1) is 17.1 Å². The molecule has 0 aromatic heterocycles. The van der Waals surface area contributed by atoms with Crippen molar-refractivity contribution in [2.75, 3.05) is 11.9 Å². The molecule has 2 rings (SSSR count). The zero-order valence-electron chi connectivity index (χ0n) is 11.8. The Labute approximate surface area is 132 Å². The minimum absolute atomic E-state index is 0.237. The Bertz CT molecular complexity index is 719. The lowest BCUT2D eigenvalue weighted by atomic mass is 10.2. The third-order valence-electron chi connectivity index (χ3n) is 2.98. The van der Waals surface area contributed by atoms with Crippen molar-refractivity contribution in [1.29, 1.82) is 0 Å². The maximum absolute atomic E-state index is 13.4. The lowest BCUT2D eigenvalue weighted by Crippen LogP contribution is -2.33. The Kier molecular flexibility index (Phi) is 5.12. The van der Waals surface area contributed by atoms with E-state index in [-0.39, 0.29) is 6.54 Å². The third kappa shape index (κ3) is 4.05. The van der Waals surface area contributed by atoms with Gasteiger partial charge in [-0.15, -0.1) is 0 Å². The molecule has 2 amide bonds. The second-order valence-corrected chi connectivity index (χ2v) is 5.08. The van der Waals surface area contributed by atoms with Crippen molar-refractivity contribution in [2.45, 2.75) is 6.92 Å². The number of benzene rings is 2. The lowest BCUT2D eigenvalue weighted by molar-refractivity contribution is -0.115. The number of carbonyl (C=O) groups is 2. The van der Waals surface area contributed by atoms with Crippen molar-refractivity contribution in [3.05, 3.63) is 64.4 Å². The zero-order chi connectivity index (χ0) is 16.1. The molecule has 114 valence electrons. The Hall–Kier alpha value is -2.40. The fourth-order valence-corrected chi connectivity index (χ4v) is 2.00. The molecule has 2 N–H and O–H groups in total. The van der Waals surface area contributed by atoms with E-state index in [1.807, 2.05) is 0 Å². The summed E-state index contributed by atoms with van der Waals surface area (Å²) in [5.41, 5.74) is 1.11. The van der Waals surface area contributed by atoms with Crippen molar-refractivity contribution < 1.29 is 14.0 Å². The van der Waals surface area contributed by atoms with Gasteiger partial charge in [-0.05, 0) is 36.8 Å². The fraction of sp³-hybridized carbons (Fsp3) is 0.125. The van der Waals surface area contributed by atoms with Crippen LogP contribution in [0.1, 0.15) is 15.9 Å². The van der Waals surface area contributed by atoms with Crippen LogP contribution in [0.5, 0.6) is 0 Å². The smallest absolute Gasteiger partial charge is 0.253 e. The third-order valence-corrected chi connectivity index (χ3v) is 3.31. The average Bonchev–Trinajstić information content (AvgIpc) is 2.49. The molecule has 4 nitrogen and oxygen atoms in total. The first-order valence-electron chi connectivity index (χ1n) is 6.56. The predicted octanol–water partition coefficient (Wildman–Crippen LogP) is 3.16. The van der Waals surface area contributed by atoms with E-state index in [4.69, 9.17) is 11.6 Å². The lowest BCUT2D eigenvalue weighted by Gasteiger charge is -2.08. The second kappa shape index (κ2) is 7.04. The van der Waals surface area contributed by atoms with Crippen molar-refractivity contribution >= 4 is 29.1 Å². The van der Waals surface area contributed by atoms with Crippen LogP contribution >= 0.6 is 11.6 Å². The van der Waals surface area contributed by atoms with E-state index in [2.05, 4.69) is 10.6 Å². The highest BCUT2D eigenvalue weighted by Crippen LogP contribution is 2.15. The van der Waals surface area contributed by atoms with Crippen LogP contribution in [0.2, 0.25) is 5.02 Å². The molecule has 2 aromatic rings. The standard InChI is InChI=1S/C16H14ClFN2O2/c1-10-6-7-11(8-14(10)18)20-15(21)9-19-16(22)12-4-2-3-5-13(12)17/h2-8H,9H2,1H3,(H,19,22)(H,20,21). The minimum Gasteiger partial charge on any atom is -0.343 e. The Balaban J connectivity index is 1.91. The summed E-state index contributed by atoms with van der Waals surface area (Å²) < 4.78 is 13.4. The molecule has 22 heavy (non-hydrogen) atoms. The highest BCUT2D eigenvalue weighted by Gasteiger charge is 2.11. The average molecular weight is 321 g/mol. The van der Waals surface area contributed by atoms with Gasteiger partial charge in [-0.1, -0.05) is 29.8 Å². The molecule has 0 radical (unpaired) electrons. The zero-order valence-corrected chi connectivity index (χ0v) is 12.6. The van der Waals surface area contributed by atoms with E-state index >= 15 is 0 Å². The number of halogens is 2. The van der Waals surface area contributed by atoms with E-state index in [0.29, 0.717) is 21.8 Å². The van der Waals surface area contributed by atoms with Crippen LogP contribution in [0.4, 0.5) is 10.1 Å². The van der Waals surface area contributed by atoms with Gasteiger partial charge in [0, 0.05) is 5.69 Å². The van der Waals surface area contributed by atoms with E-state index in [1.54, 1.807) is 43.3 Å². The molecule has 0 spiro atoms. The van der Waals surface area contributed by atoms with E-state index in [0.717, 1.165) is 0 Å². The molecular weight excluding hydrogens is 307 g/mol. The monoisotopic (exact) mass is 320 g/mol. The highest BCUT2D eigenvalue weighted by molar-refractivity contribution is 6.33. The van der Waals surface area contributed by atoms with E-state index in [1.165, 1.54) is 6.07 Å². The summed E-state index contributed by atoms with van der Waals surface area (Å²) in [7, 11) is 0. The van der Waals surface area contributed by atoms with Gasteiger partial charge in [0.1, 0.15) is 5.82 Å². The molecule has 0 fully saturated rings. The van der Waals surface area contributed by atoms with Gasteiger partial charge < -0.3 is 10.6 Å². The number of rotatable bonds is 4. The molecule has 0 atom stereocenters. The van der Waals surface area contributed by atoms with E-state index < -0.39 is 17.6 Å². The van der Waals surface area contributed by atoms with E-state index in [9.17, 15) is 14.0 Å². The molecule has 0 aliphatic heterocycles. The van der Waals surface area contributed by atoms with Crippen LogP contribution in [0.3, 0.4) is 0 Å².